The maximum atomic E-state index is 11.5. The maximum absolute atomic E-state index is 11.5. The molecule has 0 saturated carbocycles. The monoisotopic (exact) mass is 330 g/mol. The van der Waals surface area contributed by atoms with Crippen molar-refractivity contribution in [1.29, 1.82) is 0 Å². The molecule has 0 unspecified atom stereocenters. The van der Waals surface area contributed by atoms with E-state index in [4.69, 9.17) is 9.84 Å². The fraction of sp³-hybridized carbons (Fsp3) is 0.333. The lowest BCUT2D eigenvalue weighted by Gasteiger charge is -2.09. The molecule has 19 heavy (non-hydrogen) atoms. The fourth-order valence-corrected chi connectivity index (χ4v) is 1.74. The molecule has 0 aliphatic carbocycles. The maximum Gasteiger partial charge on any atom is 0.336 e. The van der Waals surface area contributed by atoms with Crippen LogP contribution in [0.15, 0.2) is 22.7 Å². The van der Waals surface area contributed by atoms with Gasteiger partial charge in [-0.15, -0.1) is 0 Å². The topological polar surface area (TPSA) is 87.7 Å². The fourth-order valence-electron chi connectivity index (χ4n) is 1.32. The van der Waals surface area contributed by atoms with Gasteiger partial charge in [-0.3, -0.25) is 0 Å². The summed E-state index contributed by atoms with van der Waals surface area (Å²) in [5.41, 5.74) is 0.502. The highest BCUT2D eigenvalue weighted by molar-refractivity contribution is 9.10. The number of carboxylic acid groups (broad SMARTS) is 1. The van der Waals surface area contributed by atoms with Crippen LogP contribution in [0.1, 0.15) is 17.3 Å². The Morgan fingerprint density at radius 3 is 2.79 bits per heavy atom. The average molecular weight is 331 g/mol. The number of anilines is 1. The molecule has 0 heterocycles. The number of carbonyl (C=O) groups excluding carboxylic acids is 1. The third kappa shape index (κ3) is 5.27. The molecule has 1 aromatic rings. The highest BCUT2D eigenvalue weighted by Gasteiger charge is 2.10. The quantitative estimate of drug-likeness (QED) is 0.698. The van der Waals surface area contributed by atoms with Crippen molar-refractivity contribution in [3.05, 3.63) is 28.2 Å². The number of carboxylic acids is 1. The highest BCUT2D eigenvalue weighted by atomic mass is 79.9. The van der Waals surface area contributed by atoms with E-state index in [1.54, 1.807) is 12.1 Å². The van der Waals surface area contributed by atoms with Gasteiger partial charge in [0.05, 0.1) is 12.2 Å². The zero-order valence-corrected chi connectivity index (χ0v) is 12.0. The van der Waals surface area contributed by atoms with E-state index >= 15 is 0 Å². The van der Waals surface area contributed by atoms with Crippen molar-refractivity contribution in [2.75, 3.05) is 25.1 Å². The summed E-state index contributed by atoms with van der Waals surface area (Å²) in [4.78, 5) is 22.4. The number of rotatable bonds is 6. The summed E-state index contributed by atoms with van der Waals surface area (Å²) in [7, 11) is 0. The smallest absolute Gasteiger partial charge is 0.336 e. The summed E-state index contributed by atoms with van der Waals surface area (Å²) in [6, 6.07) is 4.16. The van der Waals surface area contributed by atoms with Crippen molar-refractivity contribution in [2.24, 2.45) is 0 Å². The molecule has 1 aromatic carbocycles. The van der Waals surface area contributed by atoms with Crippen molar-refractivity contribution in [2.45, 2.75) is 6.92 Å². The Labute approximate surface area is 119 Å². The summed E-state index contributed by atoms with van der Waals surface area (Å²) in [6.07, 6.45) is 0. The van der Waals surface area contributed by atoms with Gasteiger partial charge in [-0.2, -0.15) is 0 Å². The first-order valence-electron chi connectivity index (χ1n) is 5.70. The van der Waals surface area contributed by atoms with E-state index in [9.17, 15) is 9.59 Å². The van der Waals surface area contributed by atoms with Crippen LogP contribution >= 0.6 is 15.9 Å². The van der Waals surface area contributed by atoms with E-state index in [1.165, 1.54) is 6.07 Å². The first kappa shape index (κ1) is 15.5. The highest BCUT2D eigenvalue weighted by Crippen LogP contribution is 2.21. The Bertz CT molecular complexity index is 465. The van der Waals surface area contributed by atoms with E-state index in [-0.39, 0.29) is 5.56 Å². The lowest BCUT2D eigenvalue weighted by Crippen LogP contribution is -2.31. The third-order valence-electron chi connectivity index (χ3n) is 2.19. The zero-order valence-electron chi connectivity index (χ0n) is 10.4. The SMILES string of the molecule is CCOCCNC(=O)Nc1ccc(Br)c(C(=O)O)c1. The van der Waals surface area contributed by atoms with Crippen LogP contribution in [0.4, 0.5) is 10.5 Å². The van der Waals surface area contributed by atoms with Gasteiger partial charge in [0.1, 0.15) is 0 Å². The van der Waals surface area contributed by atoms with Crippen LogP contribution in [0.2, 0.25) is 0 Å². The largest absolute Gasteiger partial charge is 0.478 e. The first-order valence-corrected chi connectivity index (χ1v) is 6.49. The molecule has 0 bridgehead atoms. The van der Waals surface area contributed by atoms with E-state index in [2.05, 4.69) is 26.6 Å². The molecule has 0 saturated heterocycles. The number of aromatic carboxylic acids is 1. The number of benzene rings is 1. The molecule has 0 spiro atoms. The van der Waals surface area contributed by atoms with Gasteiger partial charge in [-0.05, 0) is 41.1 Å². The molecule has 2 amide bonds. The third-order valence-corrected chi connectivity index (χ3v) is 2.88. The minimum atomic E-state index is -1.06. The molecule has 0 aromatic heterocycles. The number of amides is 2. The molecule has 0 radical (unpaired) electrons. The van der Waals surface area contributed by atoms with Gasteiger partial charge >= 0.3 is 12.0 Å². The normalized spacial score (nSPS) is 10.0. The summed E-state index contributed by atoms with van der Waals surface area (Å²) in [6.45, 7) is 3.29. The predicted molar refractivity (Wildman–Crippen MR) is 74.6 cm³/mol. The Kier molecular flexibility index (Phi) is 6.31. The lowest BCUT2D eigenvalue weighted by molar-refractivity contribution is 0.0696. The number of hydrogen-bond acceptors (Lipinski definition) is 3. The van der Waals surface area contributed by atoms with Gasteiger partial charge in [0.2, 0.25) is 0 Å². The van der Waals surface area contributed by atoms with Gasteiger partial charge in [0.15, 0.2) is 0 Å². The number of carbonyl (C=O) groups is 2. The van der Waals surface area contributed by atoms with Gasteiger partial charge in [0, 0.05) is 23.3 Å². The van der Waals surface area contributed by atoms with E-state index < -0.39 is 12.0 Å². The Morgan fingerprint density at radius 1 is 1.42 bits per heavy atom. The molecule has 0 atom stereocenters. The molecule has 6 nitrogen and oxygen atoms in total. The molecule has 0 fully saturated rings. The van der Waals surface area contributed by atoms with Gasteiger partial charge < -0.3 is 20.5 Å². The predicted octanol–water partition coefficient (Wildman–Crippen LogP) is 2.31. The Morgan fingerprint density at radius 2 is 2.16 bits per heavy atom. The first-order chi connectivity index (χ1) is 9.04. The van der Waals surface area contributed by atoms with Crippen molar-refractivity contribution in [3.8, 4) is 0 Å². The van der Waals surface area contributed by atoms with Crippen molar-refractivity contribution in [1.82, 2.24) is 5.32 Å². The molecule has 7 heteroatoms. The van der Waals surface area contributed by atoms with Crippen LogP contribution in [0.3, 0.4) is 0 Å². The van der Waals surface area contributed by atoms with Gasteiger partial charge in [-0.25, -0.2) is 9.59 Å². The van der Waals surface area contributed by atoms with Gasteiger partial charge in [-0.1, -0.05) is 0 Å². The van der Waals surface area contributed by atoms with Crippen molar-refractivity contribution in [3.63, 3.8) is 0 Å². The summed E-state index contributed by atoms with van der Waals surface area (Å²) < 4.78 is 5.53. The number of nitrogens with one attached hydrogen (secondary N) is 2. The van der Waals surface area contributed by atoms with Crippen LogP contribution in [-0.2, 0) is 4.74 Å². The zero-order chi connectivity index (χ0) is 14.3. The number of halogens is 1. The van der Waals surface area contributed by atoms with Crippen molar-refractivity contribution >= 4 is 33.6 Å². The van der Waals surface area contributed by atoms with Crippen LogP contribution in [0.5, 0.6) is 0 Å². The van der Waals surface area contributed by atoms with E-state index in [0.29, 0.717) is 29.9 Å². The van der Waals surface area contributed by atoms with Crippen LogP contribution in [0, 0.1) is 0 Å². The molecular formula is C12H15BrN2O4. The minimum absolute atomic E-state index is 0.0899. The van der Waals surface area contributed by atoms with Gasteiger partial charge in [0.25, 0.3) is 0 Å². The summed E-state index contributed by atoms with van der Waals surface area (Å²) >= 11 is 3.13. The number of hydrogen-bond donors (Lipinski definition) is 3. The molecule has 3 N–H and O–H groups in total. The Balaban J connectivity index is 2.55. The molecule has 0 aliphatic heterocycles. The second-order valence-electron chi connectivity index (χ2n) is 3.58. The van der Waals surface area contributed by atoms with Crippen LogP contribution < -0.4 is 10.6 Å². The molecule has 104 valence electrons. The van der Waals surface area contributed by atoms with E-state index in [1.807, 2.05) is 6.92 Å². The Hall–Kier alpha value is -1.60. The molecular weight excluding hydrogens is 316 g/mol. The van der Waals surface area contributed by atoms with Crippen LogP contribution in [0.25, 0.3) is 0 Å². The lowest BCUT2D eigenvalue weighted by atomic mass is 10.2. The molecule has 0 aliphatic rings. The number of ether oxygens (including phenoxy) is 1. The number of urea groups is 1. The second-order valence-corrected chi connectivity index (χ2v) is 4.43. The standard InChI is InChI=1S/C12H15BrN2O4/c1-2-19-6-5-14-12(18)15-8-3-4-10(13)9(7-8)11(16)17/h3-4,7H,2,5-6H2,1H3,(H,16,17)(H2,14,15,18). The molecule has 1 rings (SSSR count). The summed E-state index contributed by atoms with van der Waals surface area (Å²) in [5.74, 6) is -1.06. The van der Waals surface area contributed by atoms with Crippen LogP contribution in [-0.4, -0.2) is 36.9 Å². The average Bonchev–Trinajstić information content (AvgIpc) is 2.36. The van der Waals surface area contributed by atoms with Crippen molar-refractivity contribution < 1.29 is 19.4 Å². The second kappa shape index (κ2) is 7.75. The minimum Gasteiger partial charge on any atom is -0.478 e. The summed E-state index contributed by atoms with van der Waals surface area (Å²) in [5, 5.41) is 14.1. The van der Waals surface area contributed by atoms with E-state index in [0.717, 1.165) is 0 Å².